The molecule has 0 atom stereocenters. The van der Waals surface area contributed by atoms with E-state index in [0.29, 0.717) is 11.6 Å². The summed E-state index contributed by atoms with van der Waals surface area (Å²) in [5.74, 6) is 0.535. The number of aromatic amines is 1. The van der Waals surface area contributed by atoms with Crippen LogP contribution in [0, 0.1) is 0 Å². The number of nitrogens with zero attached hydrogens (tertiary/aromatic N) is 4. The van der Waals surface area contributed by atoms with Crippen molar-refractivity contribution in [1.82, 2.24) is 10.2 Å². The van der Waals surface area contributed by atoms with E-state index in [1.54, 1.807) is 25.3 Å². The summed E-state index contributed by atoms with van der Waals surface area (Å²) in [6, 6.07) is 5.21. The van der Waals surface area contributed by atoms with Crippen LogP contribution < -0.4 is 4.74 Å². The van der Waals surface area contributed by atoms with E-state index in [-0.39, 0.29) is 0 Å². The number of benzene rings is 1. The maximum absolute atomic E-state index is 8.25. The van der Waals surface area contributed by atoms with E-state index in [0.717, 1.165) is 10.9 Å². The number of H-pyrrole nitrogens is 1. The highest BCUT2D eigenvalue weighted by Crippen LogP contribution is 2.25. The van der Waals surface area contributed by atoms with Gasteiger partial charge < -0.3 is 4.74 Å². The molecule has 2 rings (SSSR count). The van der Waals surface area contributed by atoms with Gasteiger partial charge in [0.05, 0.1) is 18.0 Å². The number of aromatic nitrogens is 2. The smallest absolute Gasteiger partial charge is 0.240 e. The van der Waals surface area contributed by atoms with E-state index in [2.05, 4.69) is 20.2 Å². The second kappa shape index (κ2) is 3.27. The van der Waals surface area contributed by atoms with Crippen molar-refractivity contribution in [3.05, 3.63) is 28.6 Å². The Hall–Kier alpha value is -2.20. The Bertz CT molecular complexity index is 511. The van der Waals surface area contributed by atoms with E-state index >= 15 is 0 Å². The third kappa shape index (κ3) is 1.23. The third-order valence-corrected chi connectivity index (χ3v) is 1.86. The molecule has 0 saturated heterocycles. The van der Waals surface area contributed by atoms with Gasteiger partial charge in [0.1, 0.15) is 0 Å². The molecule has 0 amide bonds. The van der Waals surface area contributed by atoms with Crippen molar-refractivity contribution in [3.63, 3.8) is 0 Å². The second-order valence-corrected chi connectivity index (χ2v) is 2.65. The SMILES string of the molecule is COc1n[nH]c2cc(N=[N+]=[N-])ccc12. The van der Waals surface area contributed by atoms with E-state index < -0.39 is 0 Å². The number of nitrogens with one attached hydrogen (secondary N) is 1. The molecule has 1 N–H and O–H groups in total. The summed E-state index contributed by atoms with van der Waals surface area (Å²) in [5, 5.41) is 11.1. The topological polar surface area (TPSA) is 86.7 Å². The standard InChI is InChI=1S/C8H7N5O/c1-14-8-6-3-2-5(10-13-9)4-7(6)11-12-8/h2-4H,1H3,(H,11,12). The molecule has 70 valence electrons. The molecule has 0 unspecified atom stereocenters. The molecule has 0 bridgehead atoms. The monoisotopic (exact) mass is 189 g/mol. The zero-order valence-corrected chi connectivity index (χ0v) is 7.43. The molecule has 1 aromatic carbocycles. The highest BCUT2D eigenvalue weighted by molar-refractivity contribution is 5.86. The first-order chi connectivity index (χ1) is 6.85. The fourth-order valence-electron chi connectivity index (χ4n) is 1.25. The van der Waals surface area contributed by atoms with Crippen molar-refractivity contribution in [2.24, 2.45) is 5.11 Å². The predicted molar refractivity (Wildman–Crippen MR) is 51.5 cm³/mol. The maximum atomic E-state index is 8.25. The van der Waals surface area contributed by atoms with E-state index in [1.807, 2.05) is 0 Å². The molecule has 6 nitrogen and oxygen atoms in total. The summed E-state index contributed by atoms with van der Waals surface area (Å²) in [7, 11) is 1.55. The first-order valence-electron chi connectivity index (χ1n) is 3.92. The minimum absolute atomic E-state index is 0.535. The molecule has 2 aromatic rings. The Morgan fingerprint density at radius 1 is 1.57 bits per heavy atom. The molecule has 0 aliphatic heterocycles. The Labute approximate surface area is 79.1 Å². The molecule has 0 spiro atoms. The summed E-state index contributed by atoms with van der Waals surface area (Å²) < 4.78 is 5.02. The molecule has 0 saturated carbocycles. The van der Waals surface area contributed by atoms with Crippen molar-refractivity contribution in [1.29, 1.82) is 0 Å². The lowest BCUT2D eigenvalue weighted by atomic mass is 10.2. The van der Waals surface area contributed by atoms with Crippen LogP contribution in [0.2, 0.25) is 0 Å². The fraction of sp³-hybridized carbons (Fsp3) is 0.125. The lowest BCUT2D eigenvalue weighted by Gasteiger charge is -1.94. The number of ether oxygens (including phenoxy) is 1. The molecule has 0 aliphatic carbocycles. The lowest BCUT2D eigenvalue weighted by Crippen LogP contribution is -1.81. The second-order valence-electron chi connectivity index (χ2n) is 2.65. The maximum Gasteiger partial charge on any atom is 0.240 e. The lowest BCUT2D eigenvalue weighted by molar-refractivity contribution is 0.401. The highest BCUT2D eigenvalue weighted by atomic mass is 16.5. The first kappa shape index (κ1) is 8.40. The highest BCUT2D eigenvalue weighted by Gasteiger charge is 2.04. The molecule has 0 aliphatic rings. The summed E-state index contributed by atoms with van der Waals surface area (Å²) >= 11 is 0. The van der Waals surface area contributed by atoms with E-state index in [9.17, 15) is 0 Å². The van der Waals surface area contributed by atoms with Crippen molar-refractivity contribution >= 4 is 16.6 Å². The molecular weight excluding hydrogens is 182 g/mol. The van der Waals surface area contributed by atoms with Gasteiger partial charge in [0.25, 0.3) is 0 Å². The Balaban J connectivity index is 2.62. The van der Waals surface area contributed by atoms with Gasteiger partial charge in [-0.05, 0) is 17.7 Å². The van der Waals surface area contributed by atoms with Gasteiger partial charge in [0, 0.05) is 10.6 Å². The fourth-order valence-corrected chi connectivity index (χ4v) is 1.25. The van der Waals surface area contributed by atoms with Gasteiger partial charge in [-0.3, -0.25) is 5.10 Å². The van der Waals surface area contributed by atoms with Gasteiger partial charge >= 0.3 is 0 Å². The number of methoxy groups -OCH3 is 1. The molecule has 6 heteroatoms. The van der Waals surface area contributed by atoms with Crippen molar-refractivity contribution in [3.8, 4) is 5.88 Å². The predicted octanol–water partition coefficient (Wildman–Crippen LogP) is 2.51. The van der Waals surface area contributed by atoms with Crippen LogP contribution in [-0.4, -0.2) is 17.3 Å². The van der Waals surface area contributed by atoms with Crippen LogP contribution in [-0.2, 0) is 0 Å². The molecule has 1 heterocycles. The van der Waals surface area contributed by atoms with Gasteiger partial charge in [-0.15, -0.1) is 5.10 Å². The van der Waals surface area contributed by atoms with Crippen LogP contribution in [0.4, 0.5) is 5.69 Å². The Morgan fingerprint density at radius 2 is 2.43 bits per heavy atom. The van der Waals surface area contributed by atoms with Gasteiger partial charge in [0.2, 0.25) is 5.88 Å². The zero-order chi connectivity index (χ0) is 9.97. The number of hydrogen-bond donors (Lipinski definition) is 1. The summed E-state index contributed by atoms with van der Waals surface area (Å²) in [6.45, 7) is 0. The number of azide groups is 1. The van der Waals surface area contributed by atoms with Crippen LogP contribution in [0.15, 0.2) is 23.3 Å². The normalized spacial score (nSPS) is 9.79. The van der Waals surface area contributed by atoms with E-state index in [1.165, 1.54) is 0 Å². The largest absolute Gasteiger partial charge is 0.480 e. The van der Waals surface area contributed by atoms with Gasteiger partial charge in [0.15, 0.2) is 0 Å². The quantitative estimate of drug-likeness (QED) is 0.447. The summed E-state index contributed by atoms with van der Waals surface area (Å²) in [5.41, 5.74) is 9.58. The van der Waals surface area contributed by atoms with Crippen molar-refractivity contribution in [2.75, 3.05) is 7.11 Å². The van der Waals surface area contributed by atoms with Crippen LogP contribution in [0.3, 0.4) is 0 Å². The first-order valence-corrected chi connectivity index (χ1v) is 3.92. The number of rotatable bonds is 2. The Morgan fingerprint density at radius 3 is 3.14 bits per heavy atom. The average Bonchev–Trinajstić information content (AvgIpc) is 2.60. The molecule has 14 heavy (non-hydrogen) atoms. The van der Waals surface area contributed by atoms with Gasteiger partial charge in [-0.1, -0.05) is 11.2 Å². The number of hydrogen-bond acceptors (Lipinski definition) is 3. The van der Waals surface area contributed by atoms with Gasteiger partial charge in [-0.2, -0.15) is 0 Å². The zero-order valence-electron chi connectivity index (χ0n) is 7.43. The molecule has 1 aromatic heterocycles. The van der Waals surface area contributed by atoms with Crippen LogP contribution in [0.1, 0.15) is 0 Å². The van der Waals surface area contributed by atoms with Crippen molar-refractivity contribution < 1.29 is 4.74 Å². The van der Waals surface area contributed by atoms with Crippen LogP contribution in [0.5, 0.6) is 5.88 Å². The Kier molecular flexibility index (Phi) is 1.96. The molecule has 0 fully saturated rings. The van der Waals surface area contributed by atoms with E-state index in [4.69, 9.17) is 10.3 Å². The average molecular weight is 189 g/mol. The third-order valence-electron chi connectivity index (χ3n) is 1.86. The van der Waals surface area contributed by atoms with Crippen LogP contribution >= 0.6 is 0 Å². The number of fused-ring (bicyclic) bond motifs is 1. The summed E-state index contributed by atoms with van der Waals surface area (Å²) in [4.78, 5) is 2.70. The molecule has 0 radical (unpaired) electrons. The van der Waals surface area contributed by atoms with Gasteiger partial charge in [-0.25, -0.2) is 0 Å². The van der Waals surface area contributed by atoms with Crippen molar-refractivity contribution in [2.45, 2.75) is 0 Å². The minimum Gasteiger partial charge on any atom is -0.480 e. The molecular formula is C8H7N5O. The summed E-state index contributed by atoms with van der Waals surface area (Å²) in [6.07, 6.45) is 0. The minimum atomic E-state index is 0.535. The van der Waals surface area contributed by atoms with Crippen LogP contribution in [0.25, 0.3) is 21.3 Å².